The molecule has 0 saturated heterocycles. The van der Waals surface area contributed by atoms with Crippen molar-refractivity contribution in [3.63, 3.8) is 0 Å². The van der Waals surface area contributed by atoms with Crippen LogP contribution in [0.4, 0.5) is 0 Å². The molecule has 1 atom stereocenters. The molecule has 0 saturated carbocycles. The third kappa shape index (κ3) is 3.94. The molecule has 2 N–H and O–H groups in total. The number of hydrogen-bond acceptors (Lipinski definition) is 3. The van der Waals surface area contributed by atoms with Gasteiger partial charge in [-0.05, 0) is 36.6 Å². The predicted octanol–water partition coefficient (Wildman–Crippen LogP) is 2.71. The van der Waals surface area contributed by atoms with Crippen LogP contribution in [-0.2, 0) is 9.53 Å². The normalized spacial score (nSPS) is 12.2. The van der Waals surface area contributed by atoms with Crippen LogP contribution in [-0.4, -0.2) is 13.1 Å². The summed E-state index contributed by atoms with van der Waals surface area (Å²) in [7, 11) is 1.39. The quantitative estimate of drug-likeness (QED) is 0.866. The third-order valence-electron chi connectivity index (χ3n) is 2.38. The number of aryl methyl sites for hydroxylation is 1. The standard InChI is InChI=1S/C12H16BrNO2/c1-8-5-9(7-10(13)6-8)11(14)3-4-12(15)16-2/h5-7,11H,3-4,14H2,1-2H3. The Morgan fingerprint density at radius 2 is 2.19 bits per heavy atom. The Hall–Kier alpha value is -0.870. The molecule has 0 aliphatic rings. The molecule has 3 nitrogen and oxygen atoms in total. The Labute approximate surface area is 104 Å². The number of methoxy groups -OCH3 is 1. The number of nitrogens with two attached hydrogens (primary N) is 1. The number of benzene rings is 1. The molecular weight excluding hydrogens is 270 g/mol. The molecule has 88 valence electrons. The second-order valence-electron chi connectivity index (χ2n) is 3.78. The van der Waals surface area contributed by atoms with Crippen molar-refractivity contribution in [1.29, 1.82) is 0 Å². The summed E-state index contributed by atoms with van der Waals surface area (Å²) in [5.74, 6) is -0.220. The highest BCUT2D eigenvalue weighted by molar-refractivity contribution is 9.10. The topological polar surface area (TPSA) is 52.3 Å². The van der Waals surface area contributed by atoms with E-state index in [9.17, 15) is 4.79 Å². The number of hydrogen-bond donors (Lipinski definition) is 1. The maximum absolute atomic E-state index is 11.0. The average Bonchev–Trinajstić information content (AvgIpc) is 2.23. The van der Waals surface area contributed by atoms with Crippen molar-refractivity contribution in [2.45, 2.75) is 25.8 Å². The van der Waals surface area contributed by atoms with E-state index >= 15 is 0 Å². The highest BCUT2D eigenvalue weighted by Gasteiger charge is 2.10. The first-order valence-corrected chi connectivity index (χ1v) is 5.91. The van der Waals surface area contributed by atoms with Crippen LogP contribution in [0.1, 0.15) is 30.0 Å². The molecule has 1 aromatic rings. The highest BCUT2D eigenvalue weighted by atomic mass is 79.9. The molecule has 0 heterocycles. The van der Waals surface area contributed by atoms with E-state index < -0.39 is 0 Å². The van der Waals surface area contributed by atoms with Crippen molar-refractivity contribution >= 4 is 21.9 Å². The maximum atomic E-state index is 11.0. The van der Waals surface area contributed by atoms with E-state index in [4.69, 9.17) is 5.73 Å². The first kappa shape index (κ1) is 13.2. The van der Waals surface area contributed by atoms with E-state index in [-0.39, 0.29) is 12.0 Å². The monoisotopic (exact) mass is 285 g/mol. The number of halogens is 1. The zero-order chi connectivity index (χ0) is 12.1. The second kappa shape index (κ2) is 6.01. The second-order valence-corrected chi connectivity index (χ2v) is 4.70. The van der Waals surface area contributed by atoms with Gasteiger partial charge in [0.2, 0.25) is 0 Å². The fourth-order valence-corrected chi connectivity index (χ4v) is 2.15. The highest BCUT2D eigenvalue weighted by Crippen LogP contribution is 2.22. The number of carbonyl (C=O) groups excluding carboxylic acids is 1. The fraction of sp³-hybridized carbons (Fsp3) is 0.417. The van der Waals surface area contributed by atoms with E-state index in [1.54, 1.807) is 0 Å². The van der Waals surface area contributed by atoms with Gasteiger partial charge in [0.25, 0.3) is 0 Å². The largest absolute Gasteiger partial charge is 0.469 e. The first-order chi connectivity index (χ1) is 7.52. The summed E-state index contributed by atoms with van der Waals surface area (Å²) in [6.45, 7) is 2.02. The lowest BCUT2D eigenvalue weighted by Crippen LogP contribution is -2.13. The molecule has 0 aliphatic heterocycles. The summed E-state index contributed by atoms with van der Waals surface area (Å²) in [5.41, 5.74) is 8.20. The lowest BCUT2D eigenvalue weighted by molar-refractivity contribution is -0.140. The van der Waals surface area contributed by atoms with Gasteiger partial charge in [-0.15, -0.1) is 0 Å². The van der Waals surface area contributed by atoms with Crippen molar-refractivity contribution in [3.8, 4) is 0 Å². The third-order valence-corrected chi connectivity index (χ3v) is 2.84. The smallest absolute Gasteiger partial charge is 0.305 e. The number of esters is 1. The SMILES string of the molecule is COC(=O)CCC(N)c1cc(C)cc(Br)c1. The van der Waals surface area contributed by atoms with Crippen molar-refractivity contribution in [1.82, 2.24) is 0 Å². The minimum Gasteiger partial charge on any atom is -0.469 e. The Morgan fingerprint density at radius 3 is 2.75 bits per heavy atom. The molecule has 0 fully saturated rings. The van der Waals surface area contributed by atoms with Crippen LogP contribution in [0.25, 0.3) is 0 Å². The molecule has 1 aromatic carbocycles. The maximum Gasteiger partial charge on any atom is 0.305 e. The molecule has 0 amide bonds. The molecule has 0 spiro atoms. The molecule has 0 aromatic heterocycles. The minimum absolute atomic E-state index is 0.129. The summed E-state index contributed by atoms with van der Waals surface area (Å²) in [4.78, 5) is 11.0. The van der Waals surface area contributed by atoms with E-state index in [1.807, 2.05) is 25.1 Å². The van der Waals surface area contributed by atoms with Crippen LogP contribution in [0.15, 0.2) is 22.7 Å². The van der Waals surface area contributed by atoms with E-state index in [2.05, 4.69) is 20.7 Å². The van der Waals surface area contributed by atoms with E-state index in [1.165, 1.54) is 7.11 Å². The van der Waals surface area contributed by atoms with Gasteiger partial charge in [0.15, 0.2) is 0 Å². The van der Waals surface area contributed by atoms with Crippen molar-refractivity contribution in [2.75, 3.05) is 7.11 Å². The summed E-state index contributed by atoms with van der Waals surface area (Å²) < 4.78 is 5.59. The zero-order valence-corrected chi connectivity index (χ0v) is 11.1. The van der Waals surface area contributed by atoms with Crippen molar-refractivity contribution in [3.05, 3.63) is 33.8 Å². The van der Waals surface area contributed by atoms with Gasteiger partial charge in [0.05, 0.1) is 7.11 Å². The minimum atomic E-state index is -0.220. The summed E-state index contributed by atoms with van der Waals surface area (Å²) in [5, 5.41) is 0. The van der Waals surface area contributed by atoms with E-state index in [0.29, 0.717) is 12.8 Å². The Kier molecular flexibility index (Phi) is 4.96. The fourth-order valence-electron chi connectivity index (χ4n) is 1.52. The van der Waals surface area contributed by atoms with Gasteiger partial charge in [0, 0.05) is 16.9 Å². The van der Waals surface area contributed by atoms with Crippen LogP contribution in [0.2, 0.25) is 0 Å². The van der Waals surface area contributed by atoms with Crippen LogP contribution < -0.4 is 5.73 Å². The first-order valence-electron chi connectivity index (χ1n) is 5.12. The van der Waals surface area contributed by atoms with Crippen LogP contribution in [0.3, 0.4) is 0 Å². The molecular formula is C12H16BrNO2. The molecule has 1 rings (SSSR count). The van der Waals surface area contributed by atoms with Gasteiger partial charge in [-0.1, -0.05) is 22.0 Å². The van der Waals surface area contributed by atoms with Crippen LogP contribution in [0, 0.1) is 6.92 Å². The summed E-state index contributed by atoms with van der Waals surface area (Å²) in [6.07, 6.45) is 0.950. The van der Waals surface area contributed by atoms with Crippen LogP contribution in [0.5, 0.6) is 0 Å². The van der Waals surface area contributed by atoms with Gasteiger partial charge in [-0.2, -0.15) is 0 Å². The van der Waals surface area contributed by atoms with Gasteiger partial charge < -0.3 is 10.5 Å². The Balaban J connectivity index is 2.65. The lowest BCUT2D eigenvalue weighted by Gasteiger charge is -2.12. The molecule has 4 heteroatoms. The predicted molar refractivity (Wildman–Crippen MR) is 67.1 cm³/mol. The number of rotatable bonds is 4. The lowest BCUT2D eigenvalue weighted by atomic mass is 10.0. The van der Waals surface area contributed by atoms with Gasteiger partial charge in [-0.25, -0.2) is 0 Å². The van der Waals surface area contributed by atoms with Gasteiger partial charge >= 0.3 is 5.97 Å². The number of carbonyl (C=O) groups is 1. The van der Waals surface area contributed by atoms with Crippen LogP contribution >= 0.6 is 15.9 Å². The van der Waals surface area contributed by atoms with Crippen molar-refractivity contribution < 1.29 is 9.53 Å². The Morgan fingerprint density at radius 1 is 1.50 bits per heavy atom. The number of ether oxygens (including phenoxy) is 1. The summed E-state index contributed by atoms with van der Waals surface area (Å²) in [6, 6.07) is 5.91. The zero-order valence-electron chi connectivity index (χ0n) is 9.50. The molecule has 1 unspecified atom stereocenters. The molecule has 0 aliphatic carbocycles. The van der Waals surface area contributed by atoms with Gasteiger partial charge in [0.1, 0.15) is 0 Å². The summed E-state index contributed by atoms with van der Waals surface area (Å²) >= 11 is 3.43. The van der Waals surface area contributed by atoms with Crippen molar-refractivity contribution in [2.24, 2.45) is 5.73 Å². The Bertz CT molecular complexity index is 359. The molecule has 16 heavy (non-hydrogen) atoms. The molecule has 0 bridgehead atoms. The van der Waals surface area contributed by atoms with E-state index in [0.717, 1.165) is 15.6 Å². The average molecular weight is 286 g/mol. The molecule has 0 radical (unpaired) electrons. The van der Waals surface area contributed by atoms with Gasteiger partial charge in [-0.3, -0.25) is 4.79 Å².